The molecule has 0 aliphatic rings. The minimum atomic E-state index is -0.455. The maximum Gasteiger partial charge on any atom is 0.200 e. The minimum absolute atomic E-state index is 0.0606. The molecule has 3 nitrogen and oxygen atoms in total. The van der Waals surface area contributed by atoms with Crippen LogP contribution in [0.3, 0.4) is 0 Å². The van der Waals surface area contributed by atoms with Crippen LogP contribution in [0.5, 0.6) is 5.75 Å². The number of rotatable bonds is 4. The minimum Gasteiger partial charge on any atom is -0.489 e. The van der Waals surface area contributed by atoms with E-state index in [1.807, 2.05) is 0 Å². The molecular weight excluding hydrogens is 386 g/mol. The Morgan fingerprint density at radius 1 is 1.00 bits per heavy atom. The van der Waals surface area contributed by atoms with Crippen molar-refractivity contribution in [2.75, 3.05) is 0 Å². The molecule has 4 rings (SSSR count). The van der Waals surface area contributed by atoms with Gasteiger partial charge in [-0.15, -0.1) is 0 Å². The van der Waals surface area contributed by atoms with E-state index in [2.05, 4.69) is 0 Å². The highest BCUT2D eigenvalue weighted by Gasteiger charge is 2.12. The molecule has 0 aliphatic carbocycles. The number of halogens is 3. The SMILES string of the molecule is O=c1c(-c2ccc(F)cc2)coc2cc(OCc3c(F)cccc3Cl)ccc12. The zero-order valence-electron chi connectivity index (χ0n) is 14.4. The van der Waals surface area contributed by atoms with Crippen LogP contribution in [0.4, 0.5) is 8.78 Å². The lowest BCUT2D eigenvalue weighted by Gasteiger charge is -2.09. The van der Waals surface area contributed by atoms with Crippen LogP contribution in [0.15, 0.2) is 76.1 Å². The Balaban J connectivity index is 1.64. The molecule has 0 fully saturated rings. The van der Waals surface area contributed by atoms with Crippen LogP contribution in [0, 0.1) is 11.6 Å². The fourth-order valence-electron chi connectivity index (χ4n) is 2.85. The van der Waals surface area contributed by atoms with Crippen molar-refractivity contribution in [3.05, 3.63) is 99.4 Å². The molecule has 0 saturated carbocycles. The van der Waals surface area contributed by atoms with Crippen LogP contribution in [0.1, 0.15) is 5.56 Å². The second-order valence-corrected chi connectivity index (χ2v) is 6.54. The third-order valence-electron chi connectivity index (χ3n) is 4.35. The monoisotopic (exact) mass is 398 g/mol. The predicted octanol–water partition coefficient (Wildman–Crippen LogP) is 5.97. The van der Waals surface area contributed by atoms with Gasteiger partial charge in [0.25, 0.3) is 0 Å². The summed E-state index contributed by atoms with van der Waals surface area (Å²) in [5.41, 5.74) is 1.23. The second-order valence-electron chi connectivity index (χ2n) is 6.13. The second kappa shape index (κ2) is 7.44. The van der Waals surface area contributed by atoms with Gasteiger partial charge in [-0.1, -0.05) is 29.8 Å². The molecule has 140 valence electrons. The summed E-state index contributed by atoms with van der Waals surface area (Å²) in [4.78, 5) is 12.7. The van der Waals surface area contributed by atoms with E-state index in [0.29, 0.717) is 27.8 Å². The van der Waals surface area contributed by atoms with Crippen molar-refractivity contribution in [1.82, 2.24) is 0 Å². The predicted molar refractivity (Wildman–Crippen MR) is 104 cm³/mol. The smallest absolute Gasteiger partial charge is 0.200 e. The highest BCUT2D eigenvalue weighted by atomic mass is 35.5. The molecule has 0 radical (unpaired) electrons. The number of benzene rings is 3. The van der Waals surface area contributed by atoms with E-state index < -0.39 is 5.82 Å². The normalized spacial score (nSPS) is 11.0. The zero-order valence-corrected chi connectivity index (χ0v) is 15.2. The first kappa shape index (κ1) is 18.2. The molecule has 6 heteroatoms. The van der Waals surface area contributed by atoms with Crippen molar-refractivity contribution in [2.45, 2.75) is 6.61 Å². The first-order valence-corrected chi connectivity index (χ1v) is 8.78. The van der Waals surface area contributed by atoms with E-state index in [0.717, 1.165) is 0 Å². The van der Waals surface area contributed by atoms with E-state index in [1.54, 1.807) is 24.3 Å². The summed E-state index contributed by atoms with van der Waals surface area (Å²) in [6, 6.07) is 14.7. The Bertz CT molecular complexity index is 1200. The Morgan fingerprint density at radius 2 is 1.79 bits per heavy atom. The van der Waals surface area contributed by atoms with Crippen molar-refractivity contribution in [3.63, 3.8) is 0 Å². The van der Waals surface area contributed by atoms with Crippen molar-refractivity contribution < 1.29 is 17.9 Å². The van der Waals surface area contributed by atoms with E-state index in [4.69, 9.17) is 20.8 Å². The van der Waals surface area contributed by atoms with Crippen molar-refractivity contribution in [1.29, 1.82) is 0 Å². The molecular formula is C22H13ClF2O3. The lowest BCUT2D eigenvalue weighted by atomic mass is 10.1. The maximum absolute atomic E-state index is 13.8. The number of hydrogen-bond acceptors (Lipinski definition) is 3. The van der Waals surface area contributed by atoms with Crippen LogP contribution in [-0.4, -0.2) is 0 Å². The van der Waals surface area contributed by atoms with Gasteiger partial charge in [-0.25, -0.2) is 8.78 Å². The van der Waals surface area contributed by atoms with Crippen LogP contribution in [-0.2, 0) is 6.61 Å². The van der Waals surface area contributed by atoms with Gasteiger partial charge < -0.3 is 9.15 Å². The zero-order chi connectivity index (χ0) is 19.7. The molecule has 28 heavy (non-hydrogen) atoms. The van der Waals surface area contributed by atoms with Crippen molar-refractivity contribution >= 4 is 22.6 Å². The summed E-state index contributed by atoms with van der Waals surface area (Å²) in [5.74, 6) is -0.432. The first-order chi connectivity index (χ1) is 13.5. The topological polar surface area (TPSA) is 39.4 Å². The van der Waals surface area contributed by atoms with Gasteiger partial charge >= 0.3 is 0 Å². The molecule has 0 aliphatic heterocycles. The molecule has 1 aromatic heterocycles. The van der Waals surface area contributed by atoms with Crippen LogP contribution >= 0.6 is 11.6 Å². The third kappa shape index (κ3) is 3.49. The van der Waals surface area contributed by atoms with Gasteiger partial charge in [0.15, 0.2) is 5.43 Å². The van der Waals surface area contributed by atoms with Gasteiger partial charge in [0.1, 0.15) is 35.8 Å². The van der Waals surface area contributed by atoms with E-state index in [-0.39, 0.29) is 28.4 Å². The average molecular weight is 399 g/mol. The maximum atomic E-state index is 13.8. The summed E-state index contributed by atoms with van der Waals surface area (Å²) in [6.45, 7) is -0.0606. The highest BCUT2D eigenvalue weighted by molar-refractivity contribution is 6.31. The summed E-state index contributed by atoms with van der Waals surface area (Å²) >= 11 is 5.99. The summed E-state index contributed by atoms with van der Waals surface area (Å²) in [5, 5.41) is 0.634. The highest BCUT2D eigenvalue weighted by Crippen LogP contribution is 2.25. The molecule has 0 unspecified atom stereocenters. The molecule has 3 aromatic carbocycles. The lowest BCUT2D eigenvalue weighted by molar-refractivity contribution is 0.300. The van der Waals surface area contributed by atoms with E-state index in [1.165, 1.54) is 42.7 Å². The first-order valence-electron chi connectivity index (χ1n) is 8.40. The fraction of sp³-hybridized carbons (Fsp3) is 0.0455. The summed E-state index contributed by atoms with van der Waals surface area (Å²) in [6.07, 6.45) is 1.33. The van der Waals surface area contributed by atoms with Crippen molar-refractivity contribution in [2.24, 2.45) is 0 Å². The standard InChI is InChI=1S/C22H13ClF2O3/c23-19-2-1-3-20(25)18(19)12-27-15-8-9-16-21(10-15)28-11-17(22(16)26)13-4-6-14(24)7-5-13/h1-11H,12H2. The fourth-order valence-corrected chi connectivity index (χ4v) is 3.07. The van der Waals surface area contributed by atoms with E-state index >= 15 is 0 Å². The molecule has 4 aromatic rings. The van der Waals surface area contributed by atoms with Gasteiger partial charge in [0, 0.05) is 11.6 Å². The van der Waals surface area contributed by atoms with Gasteiger partial charge in [-0.2, -0.15) is 0 Å². The van der Waals surface area contributed by atoms with Crippen LogP contribution < -0.4 is 10.2 Å². The molecule has 1 heterocycles. The van der Waals surface area contributed by atoms with Gasteiger partial charge in [-0.3, -0.25) is 4.79 Å². The quantitative estimate of drug-likeness (QED) is 0.425. The largest absolute Gasteiger partial charge is 0.489 e. The molecule has 0 saturated heterocycles. The summed E-state index contributed by atoms with van der Waals surface area (Å²) in [7, 11) is 0. The Morgan fingerprint density at radius 3 is 2.54 bits per heavy atom. The van der Waals surface area contributed by atoms with Crippen molar-refractivity contribution in [3.8, 4) is 16.9 Å². The molecule has 0 bridgehead atoms. The van der Waals surface area contributed by atoms with Gasteiger partial charge in [-0.05, 0) is 42.0 Å². The molecule has 0 amide bonds. The Hall–Kier alpha value is -3.18. The molecule has 0 N–H and O–H groups in total. The average Bonchev–Trinajstić information content (AvgIpc) is 2.69. The summed E-state index contributed by atoms with van der Waals surface area (Å²) < 4.78 is 38.1. The van der Waals surface area contributed by atoms with E-state index in [9.17, 15) is 13.6 Å². The number of hydrogen-bond donors (Lipinski definition) is 0. The third-order valence-corrected chi connectivity index (χ3v) is 4.70. The van der Waals surface area contributed by atoms with Gasteiger partial charge in [0.05, 0.1) is 16.0 Å². The molecule has 0 spiro atoms. The Labute approximate surface area is 163 Å². The lowest BCUT2D eigenvalue weighted by Crippen LogP contribution is -2.05. The number of ether oxygens (including phenoxy) is 1. The Kier molecular flexibility index (Phi) is 4.84. The number of fused-ring (bicyclic) bond motifs is 1. The van der Waals surface area contributed by atoms with Crippen LogP contribution in [0.25, 0.3) is 22.1 Å². The molecule has 0 atom stereocenters. The van der Waals surface area contributed by atoms with Gasteiger partial charge in [0.2, 0.25) is 0 Å². The van der Waals surface area contributed by atoms with Crippen LogP contribution in [0.2, 0.25) is 5.02 Å².